The predicted octanol–water partition coefficient (Wildman–Crippen LogP) is -0.563. The van der Waals surface area contributed by atoms with Crippen LogP contribution in [0, 0.1) is 0 Å². The third-order valence-electron chi connectivity index (χ3n) is 2.32. The number of nitrogens with two attached hydrogens (primary N) is 1. The van der Waals surface area contributed by atoms with E-state index in [-0.39, 0.29) is 23.2 Å². The maximum Gasteiger partial charge on any atom is 0.265 e. The standard InChI is InChI=1S/C10H17N3O4S/c1-7(6-17-3)12-18(15,16)8-4-9(10(11)14)13(2)5-8/h4-5,7,12H,6H2,1-3H3,(H2,11,14). The topological polar surface area (TPSA) is 103 Å². The van der Waals surface area contributed by atoms with Crippen LogP contribution in [0.2, 0.25) is 0 Å². The minimum Gasteiger partial charge on any atom is -0.383 e. The number of nitrogens with zero attached hydrogens (tertiary/aromatic N) is 1. The molecule has 1 aromatic heterocycles. The number of carbonyl (C=O) groups is 1. The van der Waals surface area contributed by atoms with E-state index in [1.807, 2.05) is 0 Å². The minimum absolute atomic E-state index is 0.00162. The van der Waals surface area contributed by atoms with Gasteiger partial charge < -0.3 is 15.0 Å². The van der Waals surface area contributed by atoms with E-state index >= 15 is 0 Å². The molecule has 0 radical (unpaired) electrons. The van der Waals surface area contributed by atoms with Gasteiger partial charge in [0.15, 0.2) is 0 Å². The summed E-state index contributed by atoms with van der Waals surface area (Å²) in [6.07, 6.45) is 1.34. The van der Waals surface area contributed by atoms with E-state index in [9.17, 15) is 13.2 Å². The first kappa shape index (κ1) is 14.7. The molecular formula is C10H17N3O4S. The monoisotopic (exact) mass is 275 g/mol. The lowest BCUT2D eigenvalue weighted by atomic mass is 10.4. The van der Waals surface area contributed by atoms with Crippen molar-refractivity contribution in [3.63, 3.8) is 0 Å². The van der Waals surface area contributed by atoms with Crippen molar-refractivity contribution in [2.24, 2.45) is 12.8 Å². The lowest BCUT2D eigenvalue weighted by Gasteiger charge is -2.11. The first-order valence-electron chi connectivity index (χ1n) is 5.25. The summed E-state index contributed by atoms with van der Waals surface area (Å²) in [7, 11) is -0.638. The van der Waals surface area contributed by atoms with Gasteiger partial charge in [0.25, 0.3) is 5.91 Å². The van der Waals surface area contributed by atoms with Crippen molar-refractivity contribution in [3.05, 3.63) is 18.0 Å². The first-order chi connectivity index (χ1) is 8.27. The van der Waals surface area contributed by atoms with Crippen molar-refractivity contribution < 1.29 is 17.9 Å². The predicted molar refractivity (Wildman–Crippen MR) is 65.6 cm³/mol. The van der Waals surface area contributed by atoms with Gasteiger partial charge in [-0.2, -0.15) is 0 Å². The fourth-order valence-electron chi connectivity index (χ4n) is 1.54. The van der Waals surface area contributed by atoms with E-state index in [2.05, 4.69) is 4.72 Å². The summed E-state index contributed by atoms with van der Waals surface area (Å²) in [6.45, 7) is 1.94. The Kier molecular flexibility index (Phi) is 4.49. The molecule has 7 nitrogen and oxygen atoms in total. The lowest BCUT2D eigenvalue weighted by Crippen LogP contribution is -2.35. The summed E-state index contributed by atoms with van der Waals surface area (Å²) >= 11 is 0. The molecule has 0 aliphatic rings. The molecule has 0 aromatic carbocycles. The highest BCUT2D eigenvalue weighted by Crippen LogP contribution is 2.13. The number of sulfonamides is 1. The van der Waals surface area contributed by atoms with Crippen molar-refractivity contribution in [2.45, 2.75) is 17.9 Å². The van der Waals surface area contributed by atoms with E-state index in [0.717, 1.165) is 0 Å². The quantitative estimate of drug-likeness (QED) is 0.726. The SMILES string of the molecule is COCC(C)NS(=O)(=O)c1cc(C(N)=O)n(C)c1. The second-order valence-electron chi connectivity index (χ2n) is 4.01. The molecule has 1 heterocycles. The molecule has 1 rings (SSSR count). The number of primary amides is 1. The molecule has 0 bridgehead atoms. The zero-order valence-electron chi connectivity index (χ0n) is 10.5. The number of nitrogens with one attached hydrogen (secondary N) is 1. The lowest BCUT2D eigenvalue weighted by molar-refractivity contribution is 0.0992. The molecule has 1 unspecified atom stereocenters. The molecular weight excluding hydrogens is 258 g/mol. The van der Waals surface area contributed by atoms with Gasteiger partial charge in [0.05, 0.1) is 6.61 Å². The Labute approximate surface area is 106 Å². The Bertz CT molecular complexity index is 535. The van der Waals surface area contributed by atoms with Crippen LogP contribution in [0.25, 0.3) is 0 Å². The van der Waals surface area contributed by atoms with E-state index in [0.29, 0.717) is 0 Å². The fourth-order valence-corrected chi connectivity index (χ4v) is 2.84. The van der Waals surface area contributed by atoms with Crippen molar-refractivity contribution in [1.82, 2.24) is 9.29 Å². The van der Waals surface area contributed by atoms with E-state index in [1.54, 1.807) is 14.0 Å². The van der Waals surface area contributed by atoms with Crippen molar-refractivity contribution >= 4 is 15.9 Å². The Hall–Kier alpha value is -1.38. The number of aromatic nitrogens is 1. The van der Waals surface area contributed by atoms with Crippen LogP contribution in [0.15, 0.2) is 17.2 Å². The molecule has 1 amide bonds. The average Bonchev–Trinajstić information content (AvgIpc) is 2.60. The highest BCUT2D eigenvalue weighted by molar-refractivity contribution is 7.89. The van der Waals surface area contributed by atoms with Crippen LogP contribution in [0.5, 0.6) is 0 Å². The second kappa shape index (κ2) is 5.51. The molecule has 0 aliphatic carbocycles. The Morgan fingerprint density at radius 2 is 2.22 bits per heavy atom. The van der Waals surface area contributed by atoms with Gasteiger partial charge in [-0.05, 0) is 13.0 Å². The maximum atomic E-state index is 12.0. The first-order valence-corrected chi connectivity index (χ1v) is 6.73. The summed E-state index contributed by atoms with van der Waals surface area (Å²) in [5.74, 6) is -0.677. The smallest absolute Gasteiger partial charge is 0.265 e. The third-order valence-corrected chi connectivity index (χ3v) is 3.87. The zero-order chi connectivity index (χ0) is 13.9. The number of aryl methyl sites for hydroxylation is 1. The normalized spacial score (nSPS) is 13.5. The van der Waals surface area contributed by atoms with Gasteiger partial charge in [0.2, 0.25) is 10.0 Å². The van der Waals surface area contributed by atoms with Gasteiger partial charge in [-0.15, -0.1) is 0 Å². The summed E-state index contributed by atoms with van der Waals surface area (Å²) in [4.78, 5) is 11.1. The average molecular weight is 275 g/mol. The van der Waals surface area contributed by atoms with Crippen molar-refractivity contribution in [3.8, 4) is 0 Å². The number of ether oxygens (including phenoxy) is 1. The van der Waals surface area contributed by atoms with Crippen LogP contribution in [0.4, 0.5) is 0 Å². The van der Waals surface area contributed by atoms with Crippen LogP contribution in [0.3, 0.4) is 0 Å². The number of carbonyl (C=O) groups excluding carboxylic acids is 1. The summed E-state index contributed by atoms with van der Waals surface area (Å²) in [6, 6.07) is 0.877. The van der Waals surface area contributed by atoms with E-state index in [4.69, 9.17) is 10.5 Å². The van der Waals surface area contributed by atoms with Crippen molar-refractivity contribution in [1.29, 1.82) is 0 Å². The Morgan fingerprint density at radius 1 is 1.61 bits per heavy atom. The number of hydrogen-bond acceptors (Lipinski definition) is 4. The Balaban J connectivity index is 2.99. The minimum atomic E-state index is -3.68. The number of methoxy groups -OCH3 is 1. The molecule has 0 saturated carbocycles. The molecule has 1 atom stereocenters. The van der Waals surface area contributed by atoms with Gasteiger partial charge in [-0.1, -0.05) is 0 Å². The Morgan fingerprint density at radius 3 is 2.67 bits per heavy atom. The van der Waals surface area contributed by atoms with Crippen molar-refractivity contribution in [2.75, 3.05) is 13.7 Å². The highest BCUT2D eigenvalue weighted by atomic mass is 32.2. The molecule has 0 saturated heterocycles. The van der Waals surface area contributed by atoms with Crippen LogP contribution in [-0.4, -0.2) is 38.7 Å². The molecule has 102 valence electrons. The molecule has 0 spiro atoms. The maximum absolute atomic E-state index is 12.0. The molecule has 0 fully saturated rings. The molecule has 18 heavy (non-hydrogen) atoms. The summed E-state index contributed by atoms with van der Waals surface area (Å²) < 4.78 is 32.6. The number of hydrogen-bond donors (Lipinski definition) is 2. The van der Waals surface area contributed by atoms with Crippen LogP contribution in [-0.2, 0) is 21.8 Å². The fraction of sp³-hybridized carbons (Fsp3) is 0.500. The van der Waals surface area contributed by atoms with Gasteiger partial charge in [-0.25, -0.2) is 13.1 Å². The van der Waals surface area contributed by atoms with Crippen LogP contribution in [0.1, 0.15) is 17.4 Å². The summed E-state index contributed by atoms with van der Waals surface area (Å²) in [5.41, 5.74) is 5.26. The number of rotatable bonds is 6. The molecule has 1 aromatic rings. The van der Waals surface area contributed by atoms with Crippen LogP contribution >= 0.6 is 0 Å². The molecule has 3 N–H and O–H groups in total. The van der Waals surface area contributed by atoms with Gasteiger partial charge in [-0.3, -0.25) is 4.79 Å². The summed E-state index contributed by atoms with van der Waals surface area (Å²) in [5, 5.41) is 0. The third kappa shape index (κ3) is 3.31. The second-order valence-corrected chi connectivity index (χ2v) is 5.73. The van der Waals surface area contributed by atoms with Crippen LogP contribution < -0.4 is 10.5 Å². The van der Waals surface area contributed by atoms with Gasteiger partial charge in [0.1, 0.15) is 10.6 Å². The van der Waals surface area contributed by atoms with Gasteiger partial charge in [0, 0.05) is 26.4 Å². The van der Waals surface area contributed by atoms with E-state index < -0.39 is 15.9 Å². The van der Waals surface area contributed by atoms with E-state index in [1.165, 1.54) is 23.9 Å². The molecule has 8 heteroatoms. The van der Waals surface area contributed by atoms with Gasteiger partial charge >= 0.3 is 0 Å². The highest BCUT2D eigenvalue weighted by Gasteiger charge is 2.21. The largest absolute Gasteiger partial charge is 0.383 e. The zero-order valence-corrected chi connectivity index (χ0v) is 11.3. The molecule has 0 aliphatic heterocycles. The number of amides is 1.